The molecule has 1 fully saturated rings. The lowest BCUT2D eigenvalue weighted by Gasteiger charge is -2.34. The maximum absolute atomic E-state index is 12.2. The molecule has 1 aliphatic heterocycles. The third-order valence-corrected chi connectivity index (χ3v) is 3.48. The fourth-order valence-corrected chi connectivity index (χ4v) is 2.54. The van der Waals surface area contributed by atoms with Gasteiger partial charge in [-0.3, -0.25) is 4.90 Å². The molecule has 124 valence electrons. The molecule has 0 unspecified atom stereocenters. The number of hydrogen-bond acceptors (Lipinski definition) is 3. The number of nitrogens with one attached hydrogen (secondary N) is 1. The second-order valence-corrected chi connectivity index (χ2v) is 4.94. The number of rotatable bonds is 5. The first-order valence-corrected chi connectivity index (χ1v) is 6.91. The first kappa shape index (κ1) is 18.8. The van der Waals surface area contributed by atoms with Crippen LogP contribution < -0.4 is 10.1 Å². The summed E-state index contributed by atoms with van der Waals surface area (Å²) in [6.07, 6.45) is -2.05. The number of piperazine rings is 1. The molecule has 22 heavy (non-hydrogen) atoms. The van der Waals surface area contributed by atoms with Gasteiger partial charge in [0.2, 0.25) is 0 Å². The fraction of sp³-hybridized carbons (Fsp3) is 0.467. The molecule has 1 aromatic rings. The van der Waals surface area contributed by atoms with Crippen LogP contribution in [0.3, 0.4) is 0 Å². The van der Waals surface area contributed by atoms with Gasteiger partial charge in [0.1, 0.15) is 5.75 Å². The van der Waals surface area contributed by atoms with E-state index in [-0.39, 0.29) is 24.2 Å². The van der Waals surface area contributed by atoms with Crippen LogP contribution in [0, 0.1) is 0 Å². The van der Waals surface area contributed by atoms with E-state index in [0.29, 0.717) is 0 Å². The van der Waals surface area contributed by atoms with Gasteiger partial charge < -0.3 is 10.1 Å². The summed E-state index contributed by atoms with van der Waals surface area (Å²) in [5, 5.41) is 3.29. The highest BCUT2D eigenvalue weighted by Gasteiger charge is 2.31. The molecule has 0 bridgehead atoms. The van der Waals surface area contributed by atoms with Gasteiger partial charge >= 0.3 is 6.36 Å². The smallest absolute Gasteiger partial charge is 0.406 e. The molecule has 2 rings (SSSR count). The van der Waals surface area contributed by atoms with Gasteiger partial charge in [-0.25, -0.2) is 0 Å². The highest BCUT2D eigenvalue weighted by atomic mass is 35.5. The Balaban J connectivity index is 0.00000242. The Labute approximate surface area is 134 Å². The largest absolute Gasteiger partial charge is 0.573 e. The molecule has 0 aromatic heterocycles. The SMILES string of the molecule is C=CC[C@H](c1ccc(OC(F)(F)F)cc1)N1CCNCC1.Cl. The predicted octanol–water partition coefficient (Wildman–Crippen LogP) is 3.53. The zero-order valence-corrected chi connectivity index (χ0v) is 12.9. The van der Waals surface area contributed by atoms with Crippen molar-refractivity contribution in [2.75, 3.05) is 26.2 Å². The van der Waals surface area contributed by atoms with E-state index < -0.39 is 6.36 Å². The van der Waals surface area contributed by atoms with E-state index in [4.69, 9.17) is 0 Å². The van der Waals surface area contributed by atoms with E-state index >= 15 is 0 Å². The molecule has 3 nitrogen and oxygen atoms in total. The monoisotopic (exact) mass is 336 g/mol. The van der Waals surface area contributed by atoms with E-state index in [1.165, 1.54) is 12.1 Å². The molecule has 1 aromatic carbocycles. The van der Waals surface area contributed by atoms with Crippen molar-refractivity contribution in [3.63, 3.8) is 0 Å². The molecule has 0 amide bonds. The summed E-state index contributed by atoms with van der Waals surface area (Å²) in [5.74, 6) is -0.191. The quantitative estimate of drug-likeness (QED) is 0.833. The molecule has 1 heterocycles. The molecule has 1 atom stereocenters. The third-order valence-electron chi connectivity index (χ3n) is 3.48. The highest BCUT2D eigenvalue weighted by Crippen LogP contribution is 2.28. The molecule has 1 saturated heterocycles. The number of alkyl halides is 3. The van der Waals surface area contributed by atoms with Crippen LogP contribution in [0.15, 0.2) is 36.9 Å². The Bertz CT molecular complexity index is 459. The van der Waals surface area contributed by atoms with Crippen molar-refractivity contribution in [1.82, 2.24) is 10.2 Å². The van der Waals surface area contributed by atoms with E-state index in [1.54, 1.807) is 12.1 Å². The van der Waals surface area contributed by atoms with Crippen LogP contribution in [0.4, 0.5) is 13.2 Å². The zero-order valence-electron chi connectivity index (χ0n) is 12.1. The number of benzene rings is 1. The summed E-state index contributed by atoms with van der Waals surface area (Å²) in [7, 11) is 0. The van der Waals surface area contributed by atoms with Crippen molar-refractivity contribution < 1.29 is 17.9 Å². The first-order chi connectivity index (χ1) is 9.99. The van der Waals surface area contributed by atoms with Crippen LogP contribution in [-0.4, -0.2) is 37.4 Å². The van der Waals surface area contributed by atoms with Gasteiger partial charge in [-0.1, -0.05) is 18.2 Å². The summed E-state index contributed by atoms with van der Waals surface area (Å²) < 4.78 is 40.4. The molecule has 0 aliphatic carbocycles. The van der Waals surface area contributed by atoms with Crippen molar-refractivity contribution >= 4 is 12.4 Å². The van der Waals surface area contributed by atoms with E-state index in [9.17, 15) is 13.2 Å². The highest BCUT2D eigenvalue weighted by molar-refractivity contribution is 5.85. The van der Waals surface area contributed by atoms with Gasteiger partial charge in [-0.15, -0.1) is 32.2 Å². The number of ether oxygens (including phenoxy) is 1. The predicted molar refractivity (Wildman–Crippen MR) is 82.4 cm³/mol. The lowest BCUT2D eigenvalue weighted by atomic mass is 10.0. The van der Waals surface area contributed by atoms with Crippen molar-refractivity contribution in [2.45, 2.75) is 18.8 Å². The van der Waals surface area contributed by atoms with Gasteiger partial charge in [-0.2, -0.15) is 0 Å². The lowest BCUT2D eigenvalue weighted by molar-refractivity contribution is -0.274. The fourth-order valence-electron chi connectivity index (χ4n) is 2.54. The molecule has 1 aliphatic rings. The Hall–Kier alpha value is -1.24. The van der Waals surface area contributed by atoms with Crippen molar-refractivity contribution in [2.24, 2.45) is 0 Å². The molecule has 0 saturated carbocycles. The van der Waals surface area contributed by atoms with Crippen LogP contribution in [0.5, 0.6) is 5.75 Å². The Kier molecular flexibility index (Phi) is 7.19. The lowest BCUT2D eigenvalue weighted by Crippen LogP contribution is -2.45. The maximum atomic E-state index is 12.2. The van der Waals surface area contributed by atoms with Crippen LogP contribution in [-0.2, 0) is 0 Å². The minimum Gasteiger partial charge on any atom is -0.406 e. The Morgan fingerprint density at radius 1 is 1.23 bits per heavy atom. The standard InChI is InChI=1S/C15H19F3N2O.ClH/c1-2-3-14(20-10-8-19-9-11-20)12-4-6-13(7-5-12)21-15(16,17)18;/h2,4-7,14,19H,1,3,8-11H2;1H/t14-;/m1./s1. The van der Waals surface area contributed by atoms with Crippen LogP contribution >= 0.6 is 12.4 Å². The molecular formula is C15H20ClF3N2O. The van der Waals surface area contributed by atoms with Crippen molar-refractivity contribution in [1.29, 1.82) is 0 Å². The third kappa shape index (κ3) is 5.51. The van der Waals surface area contributed by atoms with E-state index in [1.807, 2.05) is 6.08 Å². The molecule has 7 heteroatoms. The average molecular weight is 337 g/mol. The minimum atomic E-state index is -4.65. The van der Waals surface area contributed by atoms with Crippen LogP contribution in [0.2, 0.25) is 0 Å². The summed E-state index contributed by atoms with van der Waals surface area (Å²) >= 11 is 0. The summed E-state index contributed by atoms with van der Waals surface area (Å²) in [6, 6.07) is 6.25. The minimum absolute atomic E-state index is 0. The van der Waals surface area contributed by atoms with Crippen molar-refractivity contribution in [3.05, 3.63) is 42.5 Å². The second kappa shape index (κ2) is 8.41. The first-order valence-electron chi connectivity index (χ1n) is 6.91. The topological polar surface area (TPSA) is 24.5 Å². The van der Waals surface area contributed by atoms with Gasteiger partial charge in [0.05, 0.1) is 0 Å². The normalized spacial score (nSPS) is 17.4. The van der Waals surface area contributed by atoms with E-state index in [0.717, 1.165) is 38.2 Å². The molecule has 1 N–H and O–H groups in total. The number of nitrogens with zero attached hydrogens (tertiary/aromatic N) is 1. The van der Waals surface area contributed by atoms with Crippen LogP contribution in [0.25, 0.3) is 0 Å². The second-order valence-electron chi connectivity index (χ2n) is 4.94. The zero-order chi connectivity index (χ0) is 15.3. The van der Waals surface area contributed by atoms with Gasteiger partial charge in [0.25, 0.3) is 0 Å². The van der Waals surface area contributed by atoms with Gasteiger partial charge in [0, 0.05) is 32.2 Å². The van der Waals surface area contributed by atoms with Crippen molar-refractivity contribution in [3.8, 4) is 5.75 Å². The van der Waals surface area contributed by atoms with Crippen LogP contribution in [0.1, 0.15) is 18.0 Å². The molecule has 0 spiro atoms. The summed E-state index contributed by atoms with van der Waals surface area (Å²) in [6.45, 7) is 7.44. The van der Waals surface area contributed by atoms with Gasteiger partial charge in [0.15, 0.2) is 0 Å². The summed E-state index contributed by atoms with van der Waals surface area (Å²) in [4.78, 5) is 2.32. The Morgan fingerprint density at radius 2 is 1.82 bits per heavy atom. The maximum Gasteiger partial charge on any atom is 0.573 e. The number of halogens is 4. The van der Waals surface area contributed by atoms with Gasteiger partial charge in [-0.05, 0) is 24.1 Å². The number of hydrogen-bond donors (Lipinski definition) is 1. The molecule has 0 radical (unpaired) electrons. The Morgan fingerprint density at radius 3 is 2.32 bits per heavy atom. The average Bonchev–Trinajstić information content (AvgIpc) is 2.45. The summed E-state index contributed by atoms with van der Waals surface area (Å²) in [5.41, 5.74) is 0.978. The van der Waals surface area contributed by atoms with E-state index in [2.05, 4.69) is 21.5 Å². The molecular weight excluding hydrogens is 317 g/mol.